The van der Waals surface area contributed by atoms with Crippen molar-refractivity contribution in [3.8, 4) is 0 Å². The highest BCUT2D eigenvalue weighted by molar-refractivity contribution is 5.97. The number of carbonyl (C=O) groups excluding carboxylic acids is 2. The van der Waals surface area contributed by atoms with E-state index in [0.29, 0.717) is 24.6 Å². The fourth-order valence-electron chi connectivity index (χ4n) is 4.32. The number of hydrogen-bond donors (Lipinski definition) is 1. The number of aromatic nitrogens is 2. The highest BCUT2D eigenvalue weighted by Gasteiger charge is 2.33. The molecular weight excluding hydrogens is 366 g/mol. The molecule has 1 aromatic heterocycles. The van der Waals surface area contributed by atoms with Gasteiger partial charge in [-0.1, -0.05) is 18.2 Å². The van der Waals surface area contributed by atoms with Crippen molar-refractivity contribution in [2.45, 2.75) is 44.7 Å². The number of nitrogens with one attached hydrogen (secondary N) is 1. The van der Waals surface area contributed by atoms with Crippen LogP contribution >= 0.6 is 0 Å². The van der Waals surface area contributed by atoms with Gasteiger partial charge in [0, 0.05) is 44.5 Å². The number of para-hydroxylation sites is 1. The maximum absolute atomic E-state index is 13.3. The van der Waals surface area contributed by atoms with Crippen LogP contribution < -0.4 is 10.2 Å². The highest BCUT2D eigenvalue weighted by atomic mass is 16.2. The molecular formula is C22H27N5O2. The molecule has 1 aliphatic carbocycles. The van der Waals surface area contributed by atoms with Crippen molar-refractivity contribution in [1.29, 1.82) is 0 Å². The van der Waals surface area contributed by atoms with Crippen LogP contribution in [0.4, 0.5) is 5.69 Å². The first-order valence-electron chi connectivity index (χ1n) is 10.7. The van der Waals surface area contributed by atoms with Gasteiger partial charge in [-0.3, -0.25) is 9.59 Å². The van der Waals surface area contributed by atoms with Crippen LogP contribution in [0.2, 0.25) is 0 Å². The van der Waals surface area contributed by atoms with Gasteiger partial charge in [0.05, 0.1) is 5.69 Å². The minimum Gasteiger partial charge on any atom is -0.368 e. The maximum Gasteiger partial charge on any atom is 0.287 e. The summed E-state index contributed by atoms with van der Waals surface area (Å²) < 4.78 is 1.98. The van der Waals surface area contributed by atoms with Gasteiger partial charge in [-0.15, -0.1) is 0 Å². The molecule has 7 heteroatoms. The predicted molar refractivity (Wildman–Crippen MR) is 110 cm³/mol. The number of carbonyl (C=O) groups is 2. The van der Waals surface area contributed by atoms with Crippen molar-refractivity contribution < 1.29 is 9.59 Å². The summed E-state index contributed by atoms with van der Waals surface area (Å²) in [6, 6.07) is 10.6. The van der Waals surface area contributed by atoms with Crippen molar-refractivity contribution in [3.63, 3.8) is 0 Å². The molecule has 0 atom stereocenters. The molecule has 0 bridgehead atoms. The lowest BCUT2D eigenvalue weighted by Crippen LogP contribution is -2.49. The lowest BCUT2D eigenvalue weighted by molar-refractivity contribution is 0.0739. The third kappa shape index (κ3) is 3.61. The average molecular weight is 393 g/mol. The van der Waals surface area contributed by atoms with Crippen LogP contribution in [0.3, 0.4) is 0 Å². The molecule has 2 aromatic rings. The number of piperazine rings is 1. The molecule has 152 valence electrons. The maximum atomic E-state index is 13.3. The Balaban J connectivity index is 1.33. The monoisotopic (exact) mass is 393 g/mol. The van der Waals surface area contributed by atoms with Gasteiger partial charge in [-0.05, 0) is 44.2 Å². The Morgan fingerprint density at radius 1 is 0.966 bits per heavy atom. The SMILES string of the molecule is O=C(NC1CC1)c1nc(C(=O)N2CCN(c3ccccc3)CC2)c2n1CCCC2. The zero-order chi connectivity index (χ0) is 19.8. The van der Waals surface area contributed by atoms with E-state index in [0.717, 1.165) is 57.4 Å². The fourth-order valence-corrected chi connectivity index (χ4v) is 4.32. The first-order valence-corrected chi connectivity index (χ1v) is 10.7. The van der Waals surface area contributed by atoms with Crippen LogP contribution in [-0.2, 0) is 13.0 Å². The van der Waals surface area contributed by atoms with E-state index >= 15 is 0 Å². The number of amides is 2. The van der Waals surface area contributed by atoms with Crippen LogP contribution in [0, 0.1) is 0 Å². The number of hydrogen-bond acceptors (Lipinski definition) is 4. The van der Waals surface area contributed by atoms with Gasteiger partial charge in [0.15, 0.2) is 5.82 Å². The Bertz CT molecular complexity index is 911. The van der Waals surface area contributed by atoms with Crippen LogP contribution in [0.25, 0.3) is 0 Å². The lowest BCUT2D eigenvalue weighted by atomic mass is 10.1. The standard InChI is InChI=1S/C22H27N5O2/c28-21(23-16-9-10-16)20-24-19(18-8-4-5-11-27(18)20)22(29)26-14-12-25(13-15-26)17-6-2-1-3-7-17/h1-3,6-7,16H,4-5,8-15H2,(H,23,28). The molecule has 2 amide bonds. The van der Waals surface area contributed by atoms with E-state index in [4.69, 9.17) is 0 Å². The molecule has 1 aromatic carbocycles. The molecule has 5 rings (SSSR count). The summed E-state index contributed by atoms with van der Waals surface area (Å²) in [7, 11) is 0. The molecule has 1 saturated carbocycles. The minimum absolute atomic E-state index is 0.0335. The smallest absolute Gasteiger partial charge is 0.287 e. The molecule has 0 radical (unpaired) electrons. The Kier molecular flexibility index (Phi) is 4.73. The van der Waals surface area contributed by atoms with Crippen LogP contribution in [0.15, 0.2) is 30.3 Å². The molecule has 29 heavy (non-hydrogen) atoms. The first kappa shape index (κ1) is 18.2. The van der Waals surface area contributed by atoms with E-state index in [9.17, 15) is 9.59 Å². The molecule has 0 spiro atoms. The molecule has 7 nitrogen and oxygen atoms in total. The molecule has 1 N–H and O–H groups in total. The summed E-state index contributed by atoms with van der Waals surface area (Å²) in [5.41, 5.74) is 2.62. The minimum atomic E-state index is -0.136. The van der Waals surface area contributed by atoms with E-state index in [2.05, 4.69) is 27.3 Å². The van der Waals surface area contributed by atoms with Crippen LogP contribution in [-0.4, -0.2) is 58.5 Å². The second kappa shape index (κ2) is 7.54. The first-order chi connectivity index (χ1) is 14.2. The van der Waals surface area contributed by atoms with E-state index < -0.39 is 0 Å². The van der Waals surface area contributed by atoms with Gasteiger partial charge in [-0.2, -0.15) is 0 Å². The zero-order valence-corrected chi connectivity index (χ0v) is 16.6. The van der Waals surface area contributed by atoms with Crippen molar-refractivity contribution in [3.05, 3.63) is 47.5 Å². The fraction of sp³-hybridized carbons (Fsp3) is 0.500. The topological polar surface area (TPSA) is 70.5 Å². The Morgan fingerprint density at radius 3 is 2.45 bits per heavy atom. The van der Waals surface area contributed by atoms with Crippen LogP contribution in [0.1, 0.15) is 52.5 Å². The van der Waals surface area contributed by atoms with Gasteiger partial charge in [0.1, 0.15) is 5.69 Å². The summed E-state index contributed by atoms with van der Waals surface area (Å²) >= 11 is 0. The lowest BCUT2D eigenvalue weighted by Gasteiger charge is -2.36. The third-order valence-corrected chi connectivity index (χ3v) is 6.12. The number of nitrogens with zero attached hydrogens (tertiary/aromatic N) is 4. The molecule has 2 fully saturated rings. The number of anilines is 1. The predicted octanol–water partition coefficient (Wildman–Crippen LogP) is 2.07. The summed E-state index contributed by atoms with van der Waals surface area (Å²) in [4.78, 5) is 34.7. The number of imidazole rings is 1. The van der Waals surface area contributed by atoms with Gasteiger partial charge in [-0.25, -0.2) is 4.98 Å². The average Bonchev–Trinajstić information content (AvgIpc) is 3.50. The second-order valence-corrected chi connectivity index (χ2v) is 8.20. The van der Waals surface area contributed by atoms with E-state index in [1.54, 1.807) is 0 Å². The molecule has 3 heterocycles. The molecule has 1 saturated heterocycles. The quantitative estimate of drug-likeness (QED) is 0.863. The van der Waals surface area contributed by atoms with Crippen molar-refractivity contribution in [2.75, 3.05) is 31.1 Å². The number of benzene rings is 1. The van der Waals surface area contributed by atoms with Crippen LogP contribution in [0.5, 0.6) is 0 Å². The Hall–Kier alpha value is -2.83. The summed E-state index contributed by atoms with van der Waals surface area (Å²) in [5, 5.41) is 3.02. The summed E-state index contributed by atoms with van der Waals surface area (Å²) in [6.45, 7) is 3.72. The van der Waals surface area contributed by atoms with E-state index in [1.165, 1.54) is 5.69 Å². The Morgan fingerprint density at radius 2 is 1.72 bits per heavy atom. The third-order valence-electron chi connectivity index (χ3n) is 6.12. The number of fused-ring (bicyclic) bond motifs is 1. The molecule has 3 aliphatic rings. The van der Waals surface area contributed by atoms with Gasteiger partial charge < -0.3 is 19.7 Å². The zero-order valence-electron chi connectivity index (χ0n) is 16.6. The highest BCUT2D eigenvalue weighted by Crippen LogP contribution is 2.25. The van der Waals surface area contributed by atoms with Crippen molar-refractivity contribution in [2.24, 2.45) is 0 Å². The van der Waals surface area contributed by atoms with E-state index in [-0.39, 0.29) is 17.9 Å². The molecule has 2 aliphatic heterocycles. The molecule has 0 unspecified atom stereocenters. The normalized spacial score (nSPS) is 19.0. The summed E-state index contributed by atoms with van der Waals surface area (Å²) in [6.07, 6.45) is 4.95. The largest absolute Gasteiger partial charge is 0.368 e. The summed E-state index contributed by atoms with van der Waals surface area (Å²) in [5.74, 6) is 0.246. The second-order valence-electron chi connectivity index (χ2n) is 8.20. The van der Waals surface area contributed by atoms with Gasteiger partial charge in [0.2, 0.25) is 0 Å². The van der Waals surface area contributed by atoms with Crippen molar-refractivity contribution in [1.82, 2.24) is 19.8 Å². The number of rotatable bonds is 4. The van der Waals surface area contributed by atoms with E-state index in [1.807, 2.05) is 27.7 Å². The van der Waals surface area contributed by atoms with Gasteiger partial charge in [0.25, 0.3) is 11.8 Å². The van der Waals surface area contributed by atoms with Crippen molar-refractivity contribution >= 4 is 17.5 Å². The van der Waals surface area contributed by atoms with Gasteiger partial charge >= 0.3 is 0 Å². The Labute approximate surface area is 170 Å².